The van der Waals surface area contributed by atoms with Crippen molar-refractivity contribution in [1.82, 2.24) is 5.32 Å². The van der Waals surface area contributed by atoms with E-state index in [0.29, 0.717) is 30.1 Å². The fraction of sp³-hybridized carbons (Fsp3) is 0.444. The second-order valence-electron chi connectivity index (χ2n) is 9.83. The fourth-order valence-electron chi connectivity index (χ4n) is 5.22. The minimum atomic E-state index is -1.49. The lowest BCUT2D eigenvalue weighted by molar-refractivity contribution is -0.225. The predicted molar refractivity (Wildman–Crippen MR) is 138 cm³/mol. The Kier molecular flexibility index (Phi) is 6.78. The molecule has 9 heteroatoms. The number of carbonyl (C=O) groups excluding carboxylic acids is 3. The number of para-hydroxylation sites is 1. The van der Waals surface area contributed by atoms with Gasteiger partial charge in [-0.15, -0.1) is 11.8 Å². The van der Waals surface area contributed by atoms with Crippen LogP contribution >= 0.6 is 23.4 Å². The van der Waals surface area contributed by atoms with Crippen LogP contribution in [0.3, 0.4) is 0 Å². The van der Waals surface area contributed by atoms with Crippen LogP contribution in [0.4, 0.5) is 5.69 Å². The average Bonchev–Trinajstić information content (AvgIpc) is 3.00. The van der Waals surface area contributed by atoms with E-state index in [0.717, 1.165) is 33.9 Å². The second-order valence-corrected chi connectivity index (χ2v) is 11.3. The maximum atomic E-state index is 13.1. The Labute approximate surface area is 219 Å². The van der Waals surface area contributed by atoms with Crippen molar-refractivity contribution in [3.8, 4) is 0 Å². The smallest absolute Gasteiger partial charge is 0.309 e. The number of hydrogen-bond acceptors (Lipinski definition) is 7. The van der Waals surface area contributed by atoms with Gasteiger partial charge >= 0.3 is 11.9 Å². The Balaban J connectivity index is 1.35. The first-order valence-electron chi connectivity index (χ1n) is 12.2. The topological polar surface area (TPSA) is 84.9 Å². The van der Waals surface area contributed by atoms with Crippen LogP contribution in [0, 0.1) is 0 Å². The molecule has 3 aliphatic rings. The average molecular weight is 529 g/mol. The molecule has 0 bridgehead atoms. The van der Waals surface area contributed by atoms with Gasteiger partial charge in [-0.25, -0.2) is 0 Å². The highest BCUT2D eigenvalue weighted by molar-refractivity contribution is 7.99. The van der Waals surface area contributed by atoms with Crippen molar-refractivity contribution >= 4 is 46.9 Å². The Hall–Kier alpha value is -2.55. The highest BCUT2D eigenvalue weighted by atomic mass is 35.5. The molecule has 0 radical (unpaired) electrons. The quantitative estimate of drug-likeness (QED) is 0.351. The van der Waals surface area contributed by atoms with Gasteiger partial charge < -0.3 is 19.7 Å². The van der Waals surface area contributed by atoms with Crippen LogP contribution in [0.15, 0.2) is 41.3 Å². The molecule has 0 atom stereocenters. The van der Waals surface area contributed by atoms with Crippen LogP contribution < -0.4 is 10.2 Å². The molecule has 0 saturated carbocycles. The van der Waals surface area contributed by atoms with Gasteiger partial charge in [0, 0.05) is 22.7 Å². The van der Waals surface area contributed by atoms with E-state index in [1.165, 1.54) is 0 Å². The van der Waals surface area contributed by atoms with Gasteiger partial charge in [0.15, 0.2) is 0 Å². The normalized spacial score (nSPS) is 20.3. The Morgan fingerprint density at radius 1 is 1.00 bits per heavy atom. The molecule has 1 saturated heterocycles. The largest absolute Gasteiger partial charge is 0.416 e. The standard InChI is InChI=1S/C27H29ClN2O5S/c1-26(2)19-6-3-4-7-21(19)30(25(26)33)14-5-15-36-24-17-12-13-29-16-27(18(17)8-9-20(24)28)34-22(31)10-11-23(32)35-27/h3-4,6-9,29H,5,10-16H2,1-2H3. The van der Waals surface area contributed by atoms with Crippen molar-refractivity contribution in [2.24, 2.45) is 0 Å². The number of esters is 2. The summed E-state index contributed by atoms with van der Waals surface area (Å²) in [4.78, 5) is 40.5. The van der Waals surface area contributed by atoms with Crippen LogP contribution in [-0.2, 0) is 41.5 Å². The summed E-state index contributed by atoms with van der Waals surface area (Å²) in [5, 5.41) is 3.85. The number of thioether (sulfide) groups is 1. The van der Waals surface area contributed by atoms with E-state index < -0.39 is 23.1 Å². The van der Waals surface area contributed by atoms with Gasteiger partial charge in [0.25, 0.3) is 5.79 Å². The molecule has 190 valence electrons. The number of anilines is 1. The highest BCUT2D eigenvalue weighted by Gasteiger charge is 2.46. The van der Waals surface area contributed by atoms with Gasteiger partial charge in [-0.3, -0.25) is 14.4 Å². The molecule has 7 nitrogen and oxygen atoms in total. The van der Waals surface area contributed by atoms with E-state index in [1.54, 1.807) is 23.9 Å². The van der Waals surface area contributed by atoms with Gasteiger partial charge in [-0.1, -0.05) is 29.8 Å². The molecule has 2 aromatic carbocycles. The number of fused-ring (bicyclic) bond motifs is 3. The summed E-state index contributed by atoms with van der Waals surface area (Å²) in [7, 11) is 0. The lowest BCUT2D eigenvalue weighted by Gasteiger charge is -2.32. The molecule has 0 aliphatic carbocycles. The summed E-state index contributed by atoms with van der Waals surface area (Å²) >= 11 is 8.26. The number of nitrogens with zero attached hydrogens (tertiary/aromatic N) is 1. The molecule has 5 rings (SSSR count). The third kappa shape index (κ3) is 4.40. The summed E-state index contributed by atoms with van der Waals surface area (Å²) in [6, 6.07) is 11.5. The lowest BCUT2D eigenvalue weighted by Crippen LogP contribution is -2.43. The molecule has 0 aromatic heterocycles. The van der Waals surface area contributed by atoms with E-state index >= 15 is 0 Å². The molecule has 36 heavy (non-hydrogen) atoms. The number of ether oxygens (including phenoxy) is 2. The number of carbonyl (C=O) groups is 3. The van der Waals surface area contributed by atoms with E-state index in [1.807, 2.05) is 43.0 Å². The van der Waals surface area contributed by atoms with Gasteiger partial charge in [0.05, 0.1) is 29.8 Å². The van der Waals surface area contributed by atoms with Gasteiger partial charge in [-0.2, -0.15) is 0 Å². The number of benzene rings is 2. The van der Waals surface area contributed by atoms with E-state index in [2.05, 4.69) is 5.32 Å². The highest BCUT2D eigenvalue weighted by Crippen LogP contribution is 2.43. The maximum absolute atomic E-state index is 13.1. The van der Waals surface area contributed by atoms with Gasteiger partial charge in [-0.05, 0) is 68.3 Å². The number of hydrogen-bond donors (Lipinski definition) is 1. The third-order valence-electron chi connectivity index (χ3n) is 7.04. The predicted octanol–water partition coefficient (Wildman–Crippen LogP) is 4.33. The van der Waals surface area contributed by atoms with Crippen molar-refractivity contribution in [2.45, 2.75) is 55.6 Å². The monoisotopic (exact) mass is 528 g/mol. The number of nitrogens with one attached hydrogen (secondary N) is 1. The number of amides is 1. The van der Waals surface area contributed by atoms with Crippen LogP contribution in [0.25, 0.3) is 0 Å². The molecule has 1 spiro atoms. The zero-order valence-electron chi connectivity index (χ0n) is 20.4. The Bertz CT molecular complexity index is 1210. The molecule has 1 N–H and O–H groups in total. The number of rotatable bonds is 5. The summed E-state index contributed by atoms with van der Waals surface area (Å²) < 4.78 is 11.5. The first-order chi connectivity index (χ1) is 17.2. The van der Waals surface area contributed by atoms with Crippen LogP contribution in [0.5, 0.6) is 0 Å². The first-order valence-corrected chi connectivity index (χ1v) is 13.6. The van der Waals surface area contributed by atoms with E-state index in [4.69, 9.17) is 21.1 Å². The maximum Gasteiger partial charge on any atom is 0.309 e. The Morgan fingerprint density at radius 3 is 2.47 bits per heavy atom. The van der Waals surface area contributed by atoms with Crippen molar-refractivity contribution in [3.63, 3.8) is 0 Å². The molecule has 0 unspecified atom stereocenters. The molecule has 3 heterocycles. The van der Waals surface area contributed by atoms with Crippen molar-refractivity contribution < 1.29 is 23.9 Å². The summed E-state index contributed by atoms with van der Waals surface area (Å²) in [6.45, 7) is 5.37. The third-order valence-corrected chi connectivity index (χ3v) is 8.72. The van der Waals surface area contributed by atoms with Crippen molar-refractivity contribution in [2.75, 3.05) is 30.3 Å². The summed E-state index contributed by atoms with van der Waals surface area (Å²) in [6.07, 6.45) is 1.43. The molecule has 2 aromatic rings. The summed E-state index contributed by atoms with van der Waals surface area (Å²) in [5.41, 5.74) is 3.09. The molecular formula is C27H29ClN2O5S. The zero-order chi connectivity index (χ0) is 25.5. The minimum Gasteiger partial charge on any atom is -0.416 e. The SMILES string of the molecule is CC1(C)C(=O)N(CCCSc2c(Cl)ccc3c2CCNCC32OC(=O)CCC(=O)O2)c2ccccc21. The fourth-order valence-corrected chi connectivity index (χ4v) is 6.63. The molecular weight excluding hydrogens is 500 g/mol. The number of halogens is 1. The first kappa shape index (κ1) is 25.1. The van der Waals surface area contributed by atoms with E-state index in [-0.39, 0.29) is 25.3 Å². The summed E-state index contributed by atoms with van der Waals surface area (Å²) in [5.74, 6) is -1.56. The van der Waals surface area contributed by atoms with Crippen LogP contribution in [-0.4, -0.2) is 43.2 Å². The van der Waals surface area contributed by atoms with E-state index in [9.17, 15) is 14.4 Å². The molecule has 3 aliphatic heterocycles. The lowest BCUT2D eigenvalue weighted by atomic mass is 9.86. The minimum absolute atomic E-state index is 0.000266. The zero-order valence-corrected chi connectivity index (χ0v) is 22.0. The van der Waals surface area contributed by atoms with Crippen molar-refractivity contribution in [3.05, 3.63) is 58.1 Å². The molecule has 1 fully saturated rings. The van der Waals surface area contributed by atoms with Crippen molar-refractivity contribution in [1.29, 1.82) is 0 Å². The van der Waals surface area contributed by atoms with Crippen LogP contribution in [0.2, 0.25) is 5.02 Å². The van der Waals surface area contributed by atoms with Gasteiger partial charge in [0.2, 0.25) is 5.91 Å². The van der Waals surface area contributed by atoms with Crippen LogP contribution in [0.1, 0.15) is 49.8 Å². The second kappa shape index (κ2) is 9.72. The molecule has 1 amide bonds. The van der Waals surface area contributed by atoms with Gasteiger partial charge in [0.1, 0.15) is 0 Å². The Morgan fingerprint density at radius 2 is 1.72 bits per heavy atom.